The molecule has 0 saturated carbocycles. The third-order valence-corrected chi connectivity index (χ3v) is 5.48. The van der Waals surface area contributed by atoms with E-state index in [-0.39, 0.29) is 29.7 Å². The molecular formula is C23H35BFNO. The topological polar surface area (TPSA) is 21.6 Å². The second-order valence-corrected chi connectivity index (χ2v) is 8.92. The third kappa shape index (κ3) is 5.90. The lowest BCUT2D eigenvalue weighted by Crippen LogP contribution is -2.47. The van der Waals surface area contributed by atoms with Crippen molar-refractivity contribution in [3.63, 3.8) is 0 Å². The Hall–Kier alpha value is -1.68. The quantitative estimate of drug-likeness (QED) is 0.416. The van der Waals surface area contributed by atoms with Crippen molar-refractivity contribution in [3.05, 3.63) is 53.5 Å². The molecule has 0 bridgehead atoms. The molecule has 1 aromatic rings. The van der Waals surface area contributed by atoms with Gasteiger partial charge in [-0.3, -0.25) is 4.99 Å². The van der Waals surface area contributed by atoms with Crippen molar-refractivity contribution in [1.82, 2.24) is 0 Å². The highest BCUT2D eigenvalue weighted by Crippen LogP contribution is 2.33. The van der Waals surface area contributed by atoms with Crippen LogP contribution in [0.1, 0.15) is 66.9 Å². The van der Waals surface area contributed by atoms with E-state index in [9.17, 15) is 4.39 Å². The molecule has 1 rings (SSSR count). The number of hydrogen-bond donors (Lipinski definition) is 0. The molecule has 0 saturated heterocycles. The molecule has 0 aliphatic heterocycles. The normalized spacial score (nSPS) is 13.6. The number of rotatable bonds is 7. The summed E-state index contributed by atoms with van der Waals surface area (Å²) in [6.07, 6.45) is 3.36. The van der Waals surface area contributed by atoms with E-state index in [0.717, 1.165) is 16.8 Å². The SMILES string of the molecule is C=CC=NC(=C(C)C)C(C)c1ccc(F)c(B(C)OC(C)(C)C(C)(C)C)c1. The van der Waals surface area contributed by atoms with Gasteiger partial charge in [0.1, 0.15) is 5.82 Å². The lowest BCUT2D eigenvalue weighted by Gasteiger charge is -2.41. The van der Waals surface area contributed by atoms with Gasteiger partial charge in [-0.2, -0.15) is 0 Å². The molecule has 0 radical (unpaired) electrons. The standard InChI is InChI=1S/C23H35BFNO/c1-11-14-26-21(16(2)3)17(4)18-12-13-20(25)19(15-18)24(10)27-23(8,9)22(5,6)7/h11-15,17H,1H2,2-10H3. The maximum absolute atomic E-state index is 14.6. The molecule has 1 atom stereocenters. The highest BCUT2D eigenvalue weighted by atomic mass is 19.1. The molecule has 0 heterocycles. The van der Waals surface area contributed by atoms with Crippen molar-refractivity contribution in [2.45, 2.75) is 73.7 Å². The van der Waals surface area contributed by atoms with Crippen molar-refractivity contribution in [2.75, 3.05) is 0 Å². The average Bonchev–Trinajstić information content (AvgIpc) is 2.53. The van der Waals surface area contributed by atoms with Crippen molar-refractivity contribution >= 4 is 18.6 Å². The van der Waals surface area contributed by atoms with E-state index in [4.69, 9.17) is 4.65 Å². The minimum absolute atomic E-state index is 0.0494. The van der Waals surface area contributed by atoms with Gasteiger partial charge < -0.3 is 4.65 Å². The Labute approximate surface area is 165 Å². The summed E-state index contributed by atoms with van der Waals surface area (Å²) in [5.74, 6) is -0.190. The van der Waals surface area contributed by atoms with Gasteiger partial charge in [0.2, 0.25) is 0 Å². The van der Waals surface area contributed by atoms with Gasteiger partial charge in [-0.25, -0.2) is 4.39 Å². The number of allylic oxidation sites excluding steroid dienone is 3. The summed E-state index contributed by atoms with van der Waals surface area (Å²) < 4.78 is 20.9. The van der Waals surface area contributed by atoms with Gasteiger partial charge in [-0.1, -0.05) is 64.9 Å². The molecule has 1 aromatic carbocycles. The van der Waals surface area contributed by atoms with E-state index in [0.29, 0.717) is 5.46 Å². The summed E-state index contributed by atoms with van der Waals surface area (Å²) in [5.41, 5.74) is 3.25. The molecule has 2 nitrogen and oxygen atoms in total. The molecule has 0 aromatic heterocycles. The van der Waals surface area contributed by atoms with E-state index in [1.807, 2.05) is 32.8 Å². The van der Waals surface area contributed by atoms with Crippen LogP contribution in [0.15, 0.2) is 47.1 Å². The van der Waals surface area contributed by atoms with Crippen molar-refractivity contribution in [3.8, 4) is 0 Å². The second-order valence-electron chi connectivity index (χ2n) is 8.92. The van der Waals surface area contributed by atoms with Gasteiger partial charge in [0, 0.05) is 17.8 Å². The summed E-state index contributed by atoms with van der Waals surface area (Å²) in [6.45, 7) is 21.9. The van der Waals surface area contributed by atoms with E-state index in [1.54, 1.807) is 12.3 Å². The predicted molar refractivity (Wildman–Crippen MR) is 118 cm³/mol. The largest absolute Gasteiger partial charge is 0.426 e. The number of hydrogen-bond acceptors (Lipinski definition) is 2. The van der Waals surface area contributed by atoms with Crippen LogP contribution in [0.5, 0.6) is 0 Å². The van der Waals surface area contributed by atoms with Crippen LogP contribution in [0.25, 0.3) is 0 Å². The van der Waals surface area contributed by atoms with E-state index in [1.165, 1.54) is 6.07 Å². The van der Waals surface area contributed by atoms with Crippen LogP contribution >= 0.6 is 0 Å². The first-order valence-corrected chi connectivity index (χ1v) is 9.61. The molecule has 148 valence electrons. The fraction of sp³-hybridized carbons (Fsp3) is 0.522. The van der Waals surface area contributed by atoms with Crippen LogP contribution in [0.3, 0.4) is 0 Å². The first kappa shape index (κ1) is 23.4. The lowest BCUT2D eigenvalue weighted by atomic mass is 9.61. The number of halogens is 1. The summed E-state index contributed by atoms with van der Waals surface area (Å²) in [7, 11) is 0. The van der Waals surface area contributed by atoms with Crippen LogP contribution in [0, 0.1) is 11.2 Å². The summed E-state index contributed by atoms with van der Waals surface area (Å²) in [6, 6.07) is 5.28. The minimum atomic E-state index is -0.389. The zero-order valence-corrected chi connectivity index (χ0v) is 18.5. The van der Waals surface area contributed by atoms with Crippen LogP contribution in [0.4, 0.5) is 4.39 Å². The Morgan fingerprint density at radius 2 is 1.81 bits per heavy atom. The van der Waals surface area contributed by atoms with Gasteiger partial charge in [-0.15, -0.1) is 0 Å². The van der Waals surface area contributed by atoms with Gasteiger partial charge in [0.25, 0.3) is 0 Å². The number of benzene rings is 1. The Bertz CT molecular complexity index is 724. The fourth-order valence-corrected chi connectivity index (χ4v) is 2.79. The Morgan fingerprint density at radius 1 is 1.22 bits per heavy atom. The first-order chi connectivity index (χ1) is 12.3. The van der Waals surface area contributed by atoms with Crippen molar-refractivity contribution in [2.24, 2.45) is 10.4 Å². The molecule has 0 N–H and O–H groups in total. The fourth-order valence-electron chi connectivity index (χ4n) is 2.79. The minimum Gasteiger partial charge on any atom is -0.426 e. The van der Waals surface area contributed by atoms with E-state index < -0.39 is 0 Å². The molecule has 27 heavy (non-hydrogen) atoms. The molecule has 0 amide bonds. The van der Waals surface area contributed by atoms with E-state index >= 15 is 0 Å². The highest BCUT2D eigenvalue weighted by Gasteiger charge is 2.36. The van der Waals surface area contributed by atoms with Crippen LogP contribution in [-0.4, -0.2) is 18.7 Å². The summed E-state index contributed by atoms with van der Waals surface area (Å²) in [4.78, 5) is 4.52. The highest BCUT2D eigenvalue weighted by molar-refractivity contribution is 6.66. The van der Waals surface area contributed by atoms with Crippen LogP contribution in [-0.2, 0) is 4.65 Å². The smallest absolute Gasteiger partial charge is 0.327 e. The molecular weight excluding hydrogens is 336 g/mol. The van der Waals surface area contributed by atoms with Gasteiger partial charge in [-0.05, 0) is 50.2 Å². The maximum atomic E-state index is 14.6. The first-order valence-electron chi connectivity index (χ1n) is 9.61. The molecule has 0 spiro atoms. The monoisotopic (exact) mass is 371 g/mol. The Kier molecular flexibility index (Phi) is 7.80. The molecule has 1 unspecified atom stereocenters. The molecule has 0 fully saturated rings. The second kappa shape index (κ2) is 9.01. The lowest BCUT2D eigenvalue weighted by molar-refractivity contribution is 0.000348. The van der Waals surface area contributed by atoms with E-state index in [2.05, 4.69) is 53.1 Å². The third-order valence-electron chi connectivity index (χ3n) is 5.48. The van der Waals surface area contributed by atoms with Crippen molar-refractivity contribution < 1.29 is 9.04 Å². The van der Waals surface area contributed by atoms with Crippen molar-refractivity contribution in [1.29, 1.82) is 0 Å². The molecule has 0 aliphatic rings. The number of aliphatic imine (C=N–C) groups is 1. The van der Waals surface area contributed by atoms with Crippen LogP contribution < -0.4 is 5.46 Å². The Balaban J connectivity index is 3.25. The van der Waals surface area contributed by atoms with Gasteiger partial charge in [0.15, 0.2) is 0 Å². The number of nitrogens with zero attached hydrogens (tertiary/aromatic N) is 1. The summed E-state index contributed by atoms with van der Waals surface area (Å²) >= 11 is 0. The predicted octanol–water partition coefficient (Wildman–Crippen LogP) is 6.15. The summed E-state index contributed by atoms with van der Waals surface area (Å²) in [5, 5.41) is 0. The zero-order chi connectivity index (χ0) is 21.0. The molecule has 4 heteroatoms. The molecule has 0 aliphatic carbocycles. The van der Waals surface area contributed by atoms with Crippen LogP contribution in [0.2, 0.25) is 6.82 Å². The van der Waals surface area contributed by atoms with Gasteiger partial charge in [0.05, 0.1) is 5.60 Å². The Morgan fingerprint density at radius 3 is 2.30 bits per heavy atom. The average molecular weight is 371 g/mol. The zero-order valence-electron chi connectivity index (χ0n) is 18.5. The van der Waals surface area contributed by atoms with Gasteiger partial charge >= 0.3 is 6.92 Å². The maximum Gasteiger partial charge on any atom is 0.327 e.